The van der Waals surface area contributed by atoms with Crippen LogP contribution in [-0.2, 0) is 16.1 Å². The molecule has 1 aromatic heterocycles. The van der Waals surface area contributed by atoms with Crippen molar-refractivity contribution in [1.82, 2.24) is 15.2 Å². The summed E-state index contributed by atoms with van der Waals surface area (Å²) in [5, 5.41) is 2.67. The van der Waals surface area contributed by atoms with Gasteiger partial charge in [-0.1, -0.05) is 6.07 Å². The summed E-state index contributed by atoms with van der Waals surface area (Å²) in [6.45, 7) is 0.531. The van der Waals surface area contributed by atoms with Crippen molar-refractivity contribution >= 4 is 11.8 Å². The van der Waals surface area contributed by atoms with Crippen molar-refractivity contribution < 1.29 is 9.59 Å². The molecule has 5 heteroatoms. The zero-order valence-corrected chi connectivity index (χ0v) is 10.0. The summed E-state index contributed by atoms with van der Waals surface area (Å²) in [4.78, 5) is 29.8. The molecule has 1 atom stereocenters. The number of nitrogens with zero attached hydrogens (tertiary/aromatic N) is 2. The highest BCUT2D eigenvalue weighted by molar-refractivity contribution is 5.95. The van der Waals surface area contributed by atoms with Gasteiger partial charge in [0.2, 0.25) is 11.8 Å². The summed E-state index contributed by atoms with van der Waals surface area (Å²) < 4.78 is 0. The van der Waals surface area contributed by atoms with E-state index in [1.165, 1.54) is 0 Å². The summed E-state index contributed by atoms with van der Waals surface area (Å²) in [6, 6.07) is 5.31. The molecule has 18 heavy (non-hydrogen) atoms. The van der Waals surface area contributed by atoms with Crippen LogP contribution in [0.3, 0.4) is 0 Å². The van der Waals surface area contributed by atoms with E-state index in [1.807, 2.05) is 18.2 Å². The first-order chi connectivity index (χ1) is 8.75. The van der Waals surface area contributed by atoms with Crippen LogP contribution in [0.4, 0.5) is 0 Å². The number of carbonyl (C=O) groups is 2. The van der Waals surface area contributed by atoms with Crippen molar-refractivity contribution in [2.24, 2.45) is 5.92 Å². The molecule has 0 bridgehead atoms. The van der Waals surface area contributed by atoms with Gasteiger partial charge >= 0.3 is 0 Å². The Bertz CT molecular complexity index is 470. The fraction of sp³-hybridized carbons (Fsp3) is 0.462. The molecule has 1 N–H and O–H groups in total. The number of piperazine rings is 1. The van der Waals surface area contributed by atoms with Crippen molar-refractivity contribution in [1.29, 1.82) is 0 Å². The monoisotopic (exact) mass is 245 g/mol. The van der Waals surface area contributed by atoms with Gasteiger partial charge in [-0.15, -0.1) is 0 Å². The Hall–Kier alpha value is -1.91. The Morgan fingerprint density at radius 3 is 2.83 bits per heavy atom. The average Bonchev–Trinajstić information content (AvgIpc) is 3.20. The van der Waals surface area contributed by atoms with Crippen LogP contribution >= 0.6 is 0 Å². The van der Waals surface area contributed by atoms with Crippen molar-refractivity contribution in [2.75, 3.05) is 6.54 Å². The second-order valence-electron chi connectivity index (χ2n) is 4.84. The van der Waals surface area contributed by atoms with E-state index >= 15 is 0 Å². The van der Waals surface area contributed by atoms with E-state index < -0.39 is 0 Å². The van der Waals surface area contributed by atoms with Gasteiger partial charge in [-0.2, -0.15) is 0 Å². The molecule has 1 aromatic rings. The molecule has 5 nitrogen and oxygen atoms in total. The van der Waals surface area contributed by atoms with Crippen LogP contribution in [0.25, 0.3) is 0 Å². The number of aromatic nitrogens is 1. The maximum Gasteiger partial charge on any atom is 0.243 e. The predicted molar refractivity (Wildman–Crippen MR) is 64.3 cm³/mol. The number of pyridine rings is 1. The molecule has 2 fully saturated rings. The first kappa shape index (κ1) is 11.2. The molecule has 0 aromatic carbocycles. The van der Waals surface area contributed by atoms with Crippen molar-refractivity contribution in [2.45, 2.75) is 25.4 Å². The molecule has 2 amide bonds. The SMILES string of the molecule is O=C1NCC(=O)N(Cc2ccccn2)C1C1CC1. The van der Waals surface area contributed by atoms with E-state index in [9.17, 15) is 9.59 Å². The van der Waals surface area contributed by atoms with Gasteiger partial charge < -0.3 is 10.2 Å². The Labute approximate surface area is 105 Å². The highest BCUT2D eigenvalue weighted by atomic mass is 16.2. The molecule has 3 rings (SSSR count). The minimum Gasteiger partial charge on any atom is -0.345 e. The van der Waals surface area contributed by atoms with Crippen LogP contribution in [0, 0.1) is 5.92 Å². The smallest absolute Gasteiger partial charge is 0.243 e. The van der Waals surface area contributed by atoms with E-state index in [0.29, 0.717) is 12.5 Å². The summed E-state index contributed by atoms with van der Waals surface area (Å²) in [7, 11) is 0. The van der Waals surface area contributed by atoms with E-state index in [0.717, 1.165) is 18.5 Å². The molecule has 0 spiro atoms. The molecule has 1 aliphatic heterocycles. The second kappa shape index (κ2) is 4.40. The first-order valence-corrected chi connectivity index (χ1v) is 6.23. The number of hydrogen-bond acceptors (Lipinski definition) is 3. The fourth-order valence-corrected chi connectivity index (χ4v) is 2.40. The van der Waals surface area contributed by atoms with Crippen LogP contribution in [0.15, 0.2) is 24.4 Å². The largest absolute Gasteiger partial charge is 0.345 e. The van der Waals surface area contributed by atoms with E-state index in [2.05, 4.69) is 10.3 Å². The van der Waals surface area contributed by atoms with Gasteiger partial charge in [-0.3, -0.25) is 14.6 Å². The third-order valence-corrected chi connectivity index (χ3v) is 3.47. The summed E-state index contributed by atoms with van der Waals surface area (Å²) in [5.74, 6) is 0.295. The van der Waals surface area contributed by atoms with Gasteiger partial charge in [0.25, 0.3) is 0 Å². The van der Waals surface area contributed by atoms with E-state index in [-0.39, 0.29) is 24.4 Å². The third kappa shape index (κ3) is 2.08. The highest BCUT2D eigenvalue weighted by Gasteiger charge is 2.44. The lowest BCUT2D eigenvalue weighted by molar-refractivity contribution is -0.147. The van der Waals surface area contributed by atoms with Gasteiger partial charge in [0.05, 0.1) is 18.8 Å². The van der Waals surface area contributed by atoms with Crippen LogP contribution in [-0.4, -0.2) is 34.3 Å². The molecule has 0 radical (unpaired) electrons. The topological polar surface area (TPSA) is 62.3 Å². The number of rotatable bonds is 3. The Morgan fingerprint density at radius 1 is 1.33 bits per heavy atom. The fourth-order valence-electron chi connectivity index (χ4n) is 2.40. The molecule has 94 valence electrons. The lowest BCUT2D eigenvalue weighted by atomic mass is 10.1. The third-order valence-electron chi connectivity index (χ3n) is 3.47. The lowest BCUT2D eigenvalue weighted by Gasteiger charge is -2.34. The zero-order valence-electron chi connectivity index (χ0n) is 10.0. The van der Waals surface area contributed by atoms with Crippen LogP contribution in [0.5, 0.6) is 0 Å². The Balaban J connectivity index is 1.82. The minimum atomic E-state index is -0.298. The van der Waals surface area contributed by atoms with Crippen molar-refractivity contribution in [3.05, 3.63) is 30.1 Å². The second-order valence-corrected chi connectivity index (χ2v) is 4.84. The van der Waals surface area contributed by atoms with Gasteiger partial charge in [-0.25, -0.2) is 0 Å². The highest BCUT2D eigenvalue weighted by Crippen LogP contribution is 2.36. The number of hydrogen-bond donors (Lipinski definition) is 1. The first-order valence-electron chi connectivity index (χ1n) is 6.23. The average molecular weight is 245 g/mol. The van der Waals surface area contributed by atoms with Crippen molar-refractivity contribution in [3.63, 3.8) is 0 Å². The van der Waals surface area contributed by atoms with Gasteiger partial charge in [0, 0.05) is 6.20 Å². The predicted octanol–water partition coefficient (Wildman–Crippen LogP) is 0.319. The van der Waals surface area contributed by atoms with E-state index in [4.69, 9.17) is 0 Å². The van der Waals surface area contributed by atoms with Crippen LogP contribution in [0.2, 0.25) is 0 Å². The summed E-state index contributed by atoms with van der Waals surface area (Å²) in [5.41, 5.74) is 0.825. The standard InChI is InChI=1S/C13H15N3O2/c17-11-7-15-13(18)12(9-4-5-9)16(11)8-10-3-1-2-6-14-10/h1-3,6,9,12H,4-5,7-8H2,(H,15,18). The zero-order chi connectivity index (χ0) is 12.5. The summed E-state index contributed by atoms with van der Waals surface area (Å²) >= 11 is 0. The number of amides is 2. The number of carbonyl (C=O) groups excluding carboxylic acids is 2. The van der Waals surface area contributed by atoms with Crippen LogP contribution in [0.1, 0.15) is 18.5 Å². The maximum absolute atomic E-state index is 12.0. The molecular weight excluding hydrogens is 230 g/mol. The van der Waals surface area contributed by atoms with Crippen molar-refractivity contribution in [3.8, 4) is 0 Å². The quantitative estimate of drug-likeness (QED) is 0.834. The normalized spacial score (nSPS) is 24.0. The molecule has 1 aliphatic carbocycles. The molecule has 2 heterocycles. The number of nitrogens with one attached hydrogen (secondary N) is 1. The van der Waals surface area contributed by atoms with Gasteiger partial charge in [-0.05, 0) is 30.9 Å². The van der Waals surface area contributed by atoms with Crippen LogP contribution < -0.4 is 5.32 Å². The molecule has 1 unspecified atom stereocenters. The van der Waals surface area contributed by atoms with E-state index in [1.54, 1.807) is 11.1 Å². The molecule has 1 saturated heterocycles. The maximum atomic E-state index is 12.0. The minimum absolute atomic E-state index is 0.0165. The summed E-state index contributed by atoms with van der Waals surface area (Å²) in [6.07, 6.45) is 3.77. The lowest BCUT2D eigenvalue weighted by Crippen LogP contribution is -2.58. The van der Waals surface area contributed by atoms with Gasteiger partial charge in [0.15, 0.2) is 0 Å². The Kier molecular flexibility index (Phi) is 2.74. The molecule has 1 saturated carbocycles. The Morgan fingerprint density at radius 2 is 2.17 bits per heavy atom. The van der Waals surface area contributed by atoms with Gasteiger partial charge in [0.1, 0.15) is 6.04 Å². The molecule has 2 aliphatic rings. The molecular formula is C13H15N3O2.